The SMILES string of the molecule is Cc1ccc(Oc2ccc(NC(=O)CN)cc2)cc1C. The summed E-state index contributed by atoms with van der Waals surface area (Å²) in [6.07, 6.45) is 0. The summed E-state index contributed by atoms with van der Waals surface area (Å²) in [6, 6.07) is 13.1. The standard InChI is InChI=1S/C16H18N2O2/c1-11-3-6-15(9-12(11)2)20-14-7-4-13(5-8-14)18-16(19)10-17/h3-9H,10,17H2,1-2H3,(H,18,19). The Hall–Kier alpha value is -2.33. The fraction of sp³-hybridized carbons (Fsp3) is 0.188. The van der Waals surface area contributed by atoms with Gasteiger partial charge in [-0.2, -0.15) is 0 Å². The molecule has 2 aromatic carbocycles. The van der Waals surface area contributed by atoms with Crippen molar-refractivity contribution in [1.82, 2.24) is 0 Å². The number of amides is 1. The molecule has 0 saturated heterocycles. The first-order valence-electron chi connectivity index (χ1n) is 6.43. The van der Waals surface area contributed by atoms with Crippen LogP contribution in [0.25, 0.3) is 0 Å². The fourth-order valence-corrected chi connectivity index (χ4v) is 1.73. The molecule has 3 N–H and O–H groups in total. The van der Waals surface area contributed by atoms with Gasteiger partial charge in [-0.25, -0.2) is 0 Å². The Bertz CT molecular complexity index is 606. The molecule has 0 unspecified atom stereocenters. The molecule has 1 amide bonds. The lowest BCUT2D eigenvalue weighted by Gasteiger charge is -2.09. The molecule has 104 valence electrons. The third-order valence-electron chi connectivity index (χ3n) is 3.04. The number of hydrogen-bond donors (Lipinski definition) is 2. The maximum absolute atomic E-state index is 11.2. The van der Waals surface area contributed by atoms with Gasteiger partial charge in [0.2, 0.25) is 5.91 Å². The molecule has 0 saturated carbocycles. The highest BCUT2D eigenvalue weighted by molar-refractivity contribution is 5.92. The Kier molecular flexibility index (Phi) is 4.38. The van der Waals surface area contributed by atoms with Crippen molar-refractivity contribution < 1.29 is 9.53 Å². The zero-order chi connectivity index (χ0) is 14.5. The number of benzene rings is 2. The van der Waals surface area contributed by atoms with E-state index < -0.39 is 0 Å². The number of carbonyl (C=O) groups excluding carboxylic acids is 1. The summed E-state index contributed by atoms with van der Waals surface area (Å²) in [4.78, 5) is 11.2. The van der Waals surface area contributed by atoms with Gasteiger partial charge in [0.15, 0.2) is 0 Å². The van der Waals surface area contributed by atoms with Gasteiger partial charge < -0.3 is 15.8 Å². The van der Waals surface area contributed by atoms with E-state index in [1.54, 1.807) is 24.3 Å². The van der Waals surface area contributed by atoms with E-state index in [0.29, 0.717) is 5.69 Å². The number of nitrogens with one attached hydrogen (secondary N) is 1. The zero-order valence-electron chi connectivity index (χ0n) is 11.6. The number of nitrogens with two attached hydrogens (primary N) is 1. The largest absolute Gasteiger partial charge is 0.457 e. The van der Waals surface area contributed by atoms with Crippen LogP contribution in [0.4, 0.5) is 5.69 Å². The summed E-state index contributed by atoms with van der Waals surface area (Å²) in [5.41, 5.74) is 8.37. The van der Waals surface area contributed by atoms with Gasteiger partial charge >= 0.3 is 0 Å². The normalized spacial score (nSPS) is 10.2. The van der Waals surface area contributed by atoms with Gasteiger partial charge in [-0.1, -0.05) is 6.07 Å². The molecule has 0 fully saturated rings. The Morgan fingerprint density at radius 3 is 2.30 bits per heavy atom. The Labute approximate surface area is 118 Å². The molecule has 0 atom stereocenters. The van der Waals surface area contributed by atoms with E-state index in [-0.39, 0.29) is 12.5 Å². The summed E-state index contributed by atoms with van der Waals surface area (Å²) in [5, 5.41) is 2.68. The predicted molar refractivity (Wildman–Crippen MR) is 80.1 cm³/mol. The maximum atomic E-state index is 11.2. The van der Waals surface area contributed by atoms with Crippen LogP contribution in [-0.2, 0) is 4.79 Å². The van der Waals surface area contributed by atoms with E-state index in [4.69, 9.17) is 10.5 Å². The monoisotopic (exact) mass is 270 g/mol. The summed E-state index contributed by atoms with van der Waals surface area (Å²) in [7, 11) is 0. The molecule has 0 aliphatic rings. The van der Waals surface area contributed by atoms with Gasteiger partial charge in [-0.05, 0) is 61.4 Å². The van der Waals surface area contributed by atoms with Crippen molar-refractivity contribution in [2.24, 2.45) is 5.73 Å². The molecule has 0 heterocycles. The van der Waals surface area contributed by atoms with Gasteiger partial charge in [0.25, 0.3) is 0 Å². The summed E-state index contributed by atoms with van der Waals surface area (Å²) in [5.74, 6) is 1.30. The van der Waals surface area contributed by atoms with Crippen molar-refractivity contribution in [2.45, 2.75) is 13.8 Å². The predicted octanol–water partition coefficient (Wildman–Crippen LogP) is 2.99. The van der Waals surface area contributed by atoms with Gasteiger partial charge in [0.1, 0.15) is 11.5 Å². The average molecular weight is 270 g/mol. The van der Waals surface area contributed by atoms with Crippen molar-refractivity contribution >= 4 is 11.6 Å². The van der Waals surface area contributed by atoms with Crippen LogP contribution in [0.3, 0.4) is 0 Å². The summed E-state index contributed by atoms with van der Waals surface area (Å²) in [6.45, 7) is 4.09. The first-order valence-corrected chi connectivity index (χ1v) is 6.43. The minimum Gasteiger partial charge on any atom is -0.457 e. The van der Waals surface area contributed by atoms with E-state index >= 15 is 0 Å². The highest BCUT2D eigenvalue weighted by Crippen LogP contribution is 2.24. The molecule has 0 aliphatic heterocycles. The van der Waals surface area contributed by atoms with Crippen LogP contribution < -0.4 is 15.8 Å². The van der Waals surface area contributed by atoms with E-state index in [0.717, 1.165) is 11.5 Å². The number of anilines is 1. The third kappa shape index (κ3) is 3.59. The van der Waals surface area contributed by atoms with Gasteiger partial charge in [0, 0.05) is 5.69 Å². The van der Waals surface area contributed by atoms with Crippen molar-refractivity contribution in [3.05, 3.63) is 53.6 Å². The lowest BCUT2D eigenvalue weighted by Crippen LogP contribution is -2.21. The maximum Gasteiger partial charge on any atom is 0.238 e. The van der Waals surface area contributed by atoms with Gasteiger partial charge in [-0.3, -0.25) is 4.79 Å². The Balaban J connectivity index is 2.06. The van der Waals surface area contributed by atoms with Crippen molar-refractivity contribution in [2.75, 3.05) is 11.9 Å². The highest BCUT2D eigenvalue weighted by atomic mass is 16.5. The second kappa shape index (κ2) is 6.21. The van der Waals surface area contributed by atoms with Crippen LogP contribution in [0.5, 0.6) is 11.5 Å². The molecule has 0 aliphatic carbocycles. The molecule has 20 heavy (non-hydrogen) atoms. The van der Waals surface area contributed by atoms with Crippen molar-refractivity contribution in [3.8, 4) is 11.5 Å². The second-order valence-electron chi connectivity index (χ2n) is 4.62. The first kappa shape index (κ1) is 14.1. The van der Waals surface area contributed by atoms with E-state index in [9.17, 15) is 4.79 Å². The lowest BCUT2D eigenvalue weighted by molar-refractivity contribution is -0.114. The van der Waals surface area contributed by atoms with Crippen molar-refractivity contribution in [3.63, 3.8) is 0 Å². The van der Waals surface area contributed by atoms with E-state index in [2.05, 4.69) is 12.2 Å². The lowest BCUT2D eigenvalue weighted by atomic mass is 10.1. The number of carbonyl (C=O) groups is 1. The smallest absolute Gasteiger partial charge is 0.238 e. The van der Waals surface area contributed by atoms with Crippen LogP contribution in [0.15, 0.2) is 42.5 Å². The van der Waals surface area contributed by atoms with Crippen LogP contribution in [0.1, 0.15) is 11.1 Å². The summed E-state index contributed by atoms with van der Waals surface area (Å²) < 4.78 is 5.76. The minimum absolute atomic E-state index is 0.0269. The number of ether oxygens (including phenoxy) is 1. The minimum atomic E-state index is -0.215. The van der Waals surface area contributed by atoms with Crippen LogP contribution in [0.2, 0.25) is 0 Å². The highest BCUT2D eigenvalue weighted by Gasteiger charge is 2.02. The average Bonchev–Trinajstić information content (AvgIpc) is 2.45. The molecule has 4 nitrogen and oxygen atoms in total. The molecular formula is C16H18N2O2. The topological polar surface area (TPSA) is 64.3 Å². The van der Waals surface area contributed by atoms with E-state index in [1.165, 1.54) is 11.1 Å². The molecule has 0 aromatic heterocycles. The molecule has 0 radical (unpaired) electrons. The molecule has 0 bridgehead atoms. The quantitative estimate of drug-likeness (QED) is 0.897. The number of hydrogen-bond acceptors (Lipinski definition) is 3. The Morgan fingerprint density at radius 1 is 1.05 bits per heavy atom. The first-order chi connectivity index (χ1) is 9.58. The molecule has 2 rings (SSSR count). The van der Waals surface area contributed by atoms with Gasteiger partial charge in [-0.15, -0.1) is 0 Å². The van der Waals surface area contributed by atoms with Crippen molar-refractivity contribution in [1.29, 1.82) is 0 Å². The summed E-state index contributed by atoms with van der Waals surface area (Å²) >= 11 is 0. The molecule has 2 aromatic rings. The van der Waals surface area contributed by atoms with Crippen LogP contribution in [-0.4, -0.2) is 12.5 Å². The third-order valence-corrected chi connectivity index (χ3v) is 3.04. The number of rotatable bonds is 4. The number of aryl methyl sites for hydroxylation is 2. The van der Waals surface area contributed by atoms with Crippen LogP contribution in [0, 0.1) is 13.8 Å². The van der Waals surface area contributed by atoms with Gasteiger partial charge in [0.05, 0.1) is 6.54 Å². The molecule has 4 heteroatoms. The Morgan fingerprint density at radius 2 is 1.70 bits per heavy atom. The van der Waals surface area contributed by atoms with Crippen LogP contribution >= 0.6 is 0 Å². The molecular weight excluding hydrogens is 252 g/mol. The zero-order valence-corrected chi connectivity index (χ0v) is 11.6. The second-order valence-corrected chi connectivity index (χ2v) is 4.62. The fourth-order valence-electron chi connectivity index (χ4n) is 1.73. The molecule has 0 spiro atoms. The van der Waals surface area contributed by atoms with E-state index in [1.807, 2.05) is 25.1 Å².